The molecule has 1 aliphatic rings. The Bertz CT molecular complexity index is 523. The first kappa shape index (κ1) is 15.2. The van der Waals surface area contributed by atoms with Crippen molar-refractivity contribution in [2.45, 2.75) is 29.8 Å². The Labute approximate surface area is 121 Å². The van der Waals surface area contributed by atoms with Gasteiger partial charge in [0, 0.05) is 13.0 Å². The van der Waals surface area contributed by atoms with Crippen molar-refractivity contribution in [1.29, 1.82) is 0 Å². The number of halogens is 1. The number of thiophene rings is 1. The first-order chi connectivity index (χ1) is 8.91. The molecule has 19 heavy (non-hydrogen) atoms. The second-order valence-electron chi connectivity index (χ2n) is 4.39. The van der Waals surface area contributed by atoms with Crippen LogP contribution >= 0.6 is 22.9 Å². The van der Waals surface area contributed by atoms with E-state index < -0.39 is 15.8 Å². The molecule has 1 N–H and O–H groups in total. The fourth-order valence-corrected chi connectivity index (χ4v) is 4.31. The van der Waals surface area contributed by atoms with Crippen molar-refractivity contribution >= 4 is 33.0 Å². The monoisotopic (exact) mass is 325 g/mol. The summed E-state index contributed by atoms with van der Waals surface area (Å²) in [6.07, 6.45) is 1.33. The summed E-state index contributed by atoms with van der Waals surface area (Å²) in [6, 6.07) is 3.06. The molecule has 5 nitrogen and oxygen atoms in total. The lowest BCUT2D eigenvalue weighted by molar-refractivity contribution is -0.257. The van der Waals surface area contributed by atoms with E-state index in [4.69, 9.17) is 21.1 Å². The molecule has 1 fully saturated rings. The molecule has 8 heteroatoms. The Morgan fingerprint density at radius 1 is 1.42 bits per heavy atom. The van der Waals surface area contributed by atoms with Gasteiger partial charge in [-0.2, -0.15) is 0 Å². The zero-order valence-corrected chi connectivity index (χ0v) is 12.9. The highest BCUT2D eigenvalue weighted by atomic mass is 35.5. The minimum absolute atomic E-state index is 0.216. The first-order valence-electron chi connectivity index (χ1n) is 5.94. The molecule has 108 valence electrons. The van der Waals surface area contributed by atoms with Gasteiger partial charge >= 0.3 is 0 Å². The van der Waals surface area contributed by atoms with Crippen LogP contribution in [0.2, 0.25) is 4.34 Å². The average Bonchev–Trinajstić information content (AvgIpc) is 2.77. The topological polar surface area (TPSA) is 64.6 Å². The smallest absolute Gasteiger partial charge is 0.250 e. The minimum Gasteiger partial charge on any atom is -0.350 e. The Kier molecular flexibility index (Phi) is 4.86. The van der Waals surface area contributed by atoms with E-state index in [1.807, 2.05) is 6.92 Å². The molecule has 0 spiro atoms. The molecular formula is C11H16ClNO4S2. The summed E-state index contributed by atoms with van der Waals surface area (Å²) in [5, 5.41) is 0. The lowest BCUT2D eigenvalue weighted by atomic mass is 10.2. The van der Waals surface area contributed by atoms with Crippen LogP contribution in [-0.4, -0.2) is 34.0 Å². The predicted octanol–water partition coefficient (Wildman–Crippen LogP) is 2.22. The molecule has 0 atom stereocenters. The van der Waals surface area contributed by atoms with Crippen LogP contribution in [0.5, 0.6) is 0 Å². The Morgan fingerprint density at radius 2 is 2.11 bits per heavy atom. The number of hydrogen-bond acceptors (Lipinski definition) is 5. The highest BCUT2D eigenvalue weighted by Gasteiger charge is 2.29. The number of ether oxygens (including phenoxy) is 2. The zero-order chi connectivity index (χ0) is 13.9. The van der Waals surface area contributed by atoms with Gasteiger partial charge in [-0.25, -0.2) is 13.1 Å². The first-order valence-corrected chi connectivity index (χ1v) is 8.62. The summed E-state index contributed by atoms with van der Waals surface area (Å²) >= 11 is 6.76. The van der Waals surface area contributed by atoms with Crippen LogP contribution in [-0.2, 0) is 19.5 Å². The molecule has 1 aromatic heterocycles. The lowest BCUT2D eigenvalue weighted by Gasteiger charge is -2.33. The van der Waals surface area contributed by atoms with Crippen molar-refractivity contribution in [3.8, 4) is 0 Å². The van der Waals surface area contributed by atoms with Gasteiger partial charge in [-0.1, -0.05) is 11.6 Å². The molecule has 0 aromatic carbocycles. The number of rotatable bonds is 5. The van der Waals surface area contributed by atoms with E-state index in [9.17, 15) is 8.42 Å². The summed E-state index contributed by atoms with van der Waals surface area (Å²) in [7, 11) is -3.49. The van der Waals surface area contributed by atoms with Crippen LogP contribution in [0.25, 0.3) is 0 Å². The van der Waals surface area contributed by atoms with Gasteiger partial charge < -0.3 is 9.47 Å². The fraction of sp³-hybridized carbons (Fsp3) is 0.636. The minimum atomic E-state index is -3.49. The molecule has 0 saturated carbocycles. The van der Waals surface area contributed by atoms with E-state index in [-0.39, 0.29) is 10.8 Å². The molecule has 0 bridgehead atoms. The van der Waals surface area contributed by atoms with Gasteiger partial charge in [-0.05, 0) is 25.5 Å². The third-order valence-electron chi connectivity index (χ3n) is 2.79. The van der Waals surface area contributed by atoms with E-state index in [0.29, 0.717) is 24.0 Å². The molecule has 0 amide bonds. The van der Waals surface area contributed by atoms with Gasteiger partial charge in [0.05, 0.1) is 17.6 Å². The number of hydrogen-bond donors (Lipinski definition) is 1. The van der Waals surface area contributed by atoms with Crippen LogP contribution in [0, 0.1) is 0 Å². The molecule has 0 aliphatic carbocycles. The molecule has 1 aromatic rings. The molecule has 0 radical (unpaired) electrons. The largest absolute Gasteiger partial charge is 0.350 e. The van der Waals surface area contributed by atoms with Crippen LogP contribution in [0.15, 0.2) is 16.3 Å². The van der Waals surface area contributed by atoms with Crippen molar-refractivity contribution in [2.75, 3.05) is 19.8 Å². The van der Waals surface area contributed by atoms with Crippen molar-refractivity contribution in [3.63, 3.8) is 0 Å². The second-order valence-corrected chi connectivity index (χ2v) is 8.10. The number of nitrogens with one attached hydrogen (secondary N) is 1. The van der Waals surface area contributed by atoms with E-state index in [1.54, 1.807) is 6.07 Å². The maximum Gasteiger partial charge on any atom is 0.250 e. The molecule has 2 rings (SSSR count). The Morgan fingerprint density at radius 3 is 2.68 bits per heavy atom. The quantitative estimate of drug-likeness (QED) is 0.901. The van der Waals surface area contributed by atoms with Gasteiger partial charge in [0.1, 0.15) is 4.21 Å². The van der Waals surface area contributed by atoms with Crippen molar-refractivity contribution in [1.82, 2.24) is 4.72 Å². The average molecular weight is 326 g/mol. The van der Waals surface area contributed by atoms with E-state index in [2.05, 4.69) is 4.72 Å². The number of sulfonamides is 1. The predicted molar refractivity (Wildman–Crippen MR) is 74.1 cm³/mol. The van der Waals surface area contributed by atoms with Crippen LogP contribution in [0.1, 0.15) is 19.8 Å². The van der Waals surface area contributed by atoms with Gasteiger partial charge in [0.2, 0.25) is 10.0 Å². The summed E-state index contributed by atoms with van der Waals surface area (Å²) < 4.78 is 38.1. The van der Waals surface area contributed by atoms with Gasteiger partial charge in [-0.15, -0.1) is 11.3 Å². The van der Waals surface area contributed by atoms with E-state index in [0.717, 1.165) is 17.8 Å². The highest BCUT2D eigenvalue weighted by molar-refractivity contribution is 7.91. The van der Waals surface area contributed by atoms with Crippen molar-refractivity contribution < 1.29 is 17.9 Å². The second kappa shape index (κ2) is 6.07. The molecule has 2 heterocycles. The Hall–Kier alpha value is -0.180. The summed E-state index contributed by atoms with van der Waals surface area (Å²) in [5.74, 6) is -0.701. The van der Waals surface area contributed by atoms with Crippen molar-refractivity contribution in [3.05, 3.63) is 16.5 Å². The summed E-state index contributed by atoms with van der Waals surface area (Å²) in [4.78, 5) is 0. The standard InChI is InChI=1S/C11H16ClNO4S2/c1-11(16-7-2-8-17-11)5-6-13-19(14,15)10-4-3-9(12)18-10/h3-4,13H,2,5-8H2,1H3. The normalized spacial score (nSPS) is 19.5. The maximum atomic E-state index is 12.0. The van der Waals surface area contributed by atoms with Crippen molar-refractivity contribution in [2.24, 2.45) is 0 Å². The highest BCUT2D eigenvalue weighted by Crippen LogP contribution is 2.26. The lowest BCUT2D eigenvalue weighted by Crippen LogP contribution is -2.40. The maximum absolute atomic E-state index is 12.0. The zero-order valence-electron chi connectivity index (χ0n) is 10.5. The van der Waals surface area contributed by atoms with Crippen LogP contribution in [0.3, 0.4) is 0 Å². The third kappa shape index (κ3) is 4.14. The summed E-state index contributed by atoms with van der Waals surface area (Å²) in [5.41, 5.74) is 0. The van der Waals surface area contributed by atoms with Crippen LogP contribution in [0.4, 0.5) is 0 Å². The Balaban J connectivity index is 1.88. The summed E-state index contributed by atoms with van der Waals surface area (Å²) in [6.45, 7) is 3.37. The van der Waals surface area contributed by atoms with E-state index in [1.165, 1.54) is 6.07 Å². The third-order valence-corrected chi connectivity index (χ3v) is 5.97. The van der Waals surface area contributed by atoms with Gasteiger partial charge in [0.25, 0.3) is 0 Å². The molecule has 1 saturated heterocycles. The molecule has 1 aliphatic heterocycles. The van der Waals surface area contributed by atoms with Gasteiger partial charge in [-0.3, -0.25) is 0 Å². The molecular weight excluding hydrogens is 310 g/mol. The fourth-order valence-electron chi connectivity index (χ4n) is 1.75. The van der Waals surface area contributed by atoms with Gasteiger partial charge in [0.15, 0.2) is 5.79 Å². The molecule has 0 unspecified atom stereocenters. The van der Waals surface area contributed by atoms with E-state index >= 15 is 0 Å². The van der Waals surface area contributed by atoms with Crippen LogP contribution < -0.4 is 4.72 Å². The SMILES string of the molecule is CC1(CCNS(=O)(=O)c2ccc(Cl)s2)OCCCO1.